The first-order valence-electron chi connectivity index (χ1n) is 11.9. The predicted octanol–water partition coefficient (Wildman–Crippen LogP) is 6.82. The van der Waals surface area contributed by atoms with Gasteiger partial charge in [0.15, 0.2) is 0 Å². The Hall–Kier alpha value is -3.90. The van der Waals surface area contributed by atoms with Crippen LogP contribution in [-0.4, -0.2) is 18.0 Å². The van der Waals surface area contributed by atoms with E-state index in [0.717, 1.165) is 28.0 Å². The summed E-state index contributed by atoms with van der Waals surface area (Å²) < 4.78 is 33.3. The van der Waals surface area contributed by atoms with Crippen LogP contribution in [0.4, 0.5) is 0 Å². The van der Waals surface area contributed by atoms with E-state index >= 15 is 0 Å². The molecular formula is C30H28N2O3S. The first-order valence-corrected chi connectivity index (χ1v) is 13.3. The Kier molecular flexibility index (Phi) is 6.14. The molecule has 0 aliphatic carbocycles. The van der Waals surface area contributed by atoms with E-state index in [-0.39, 0.29) is 16.1 Å². The highest BCUT2D eigenvalue weighted by atomic mass is 32.2. The Morgan fingerprint density at radius 3 is 2.08 bits per heavy atom. The lowest BCUT2D eigenvalue weighted by Gasteiger charge is -2.19. The molecule has 0 atom stereocenters. The third kappa shape index (κ3) is 4.90. The lowest BCUT2D eigenvalue weighted by atomic mass is 9.87. The van der Waals surface area contributed by atoms with Gasteiger partial charge in [0.2, 0.25) is 0 Å². The number of fused-ring (bicyclic) bond motifs is 1. The predicted molar refractivity (Wildman–Crippen MR) is 144 cm³/mol. The van der Waals surface area contributed by atoms with Gasteiger partial charge >= 0.3 is 10.1 Å². The van der Waals surface area contributed by atoms with Crippen LogP contribution in [0.3, 0.4) is 0 Å². The second kappa shape index (κ2) is 9.28. The SMILES string of the molecule is CC(C)(C)c1ccc(S(=O)(=O)Oc2ccc(-c3nc4ccccc4n3Cc3ccccc3)cc2)cc1. The summed E-state index contributed by atoms with van der Waals surface area (Å²) in [7, 11) is -3.94. The molecule has 0 spiro atoms. The topological polar surface area (TPSA) is 61.2 Å². The van der Waals surface area contributed by atoms with Crippen molar-refractivity contribution < 1.29 is 12.6 Å². The number of para-hydroxylation sites is 2. The van der Waals surface area contributed by atoms with E-state index in [1.807, 2.05) is 60.7 Å². The monoisotopic (exact) mass is 496 g/mol. The first kappa shape index (κ1) is 23.8. The number of aromatic nitrogens is 2. The number of nitrogens with zero attached hydrogens (tertiary/aromatic N) is 2. The zero-order valence-electron chi connectivity index (χ0n) is 20.5. The van der Waals surface area contributed by atoms with Crippen LogP contribution in [0.1, 0.15) is 31.9 Å². The van der Waals surface area contributed by atoms with Gasteiger partial charge < -0.3 is 8.75 Å². The largest absolute Gasteiger partial charge is 0.379 e. The van der Waals surface area contributed by atoms with Crippen molar-refractivity contribution >= 4 is 21.2 Å². The lowest BCUT2D eigenvalue weighted by molar-refractivity contribution is 0.486. The van der Waals surface area contributed by atoms with Gasteiger partial charge in [-0.3, -0.25) is 0 Å². The van der Waals surface area contributed by atoms with Crippen molar-refractivity contribution in [2.45, 2.75) is 37.6 Å². The second-order valence-electron chi connectivity index (χ2n) is 9.83. The molecule has 0 unspecified atom stereocenters. The summed E-state index contributed by atoms with van der Waals surface area (Å²) in [5.41, 5.74) is 5.00. The summed E-state index contributed by atoms with van der Waals surface area (Å²) in [6.45, 7) is 6.93. The van der Waals surface area contributed by atoms with Gasteiger partial charge in [-0.15, -0.1) is 0 Å². The van der Waals surface area contributed by atoms with Crippen molar-refractivity contribution in [1.29, 1.82) is 0 Å². The Morgan fingerprint density at radius 1 is 0.778 bits per heavy atom. The van der Waals surface area contributed by atoms with E-state index in [1.54, 1.807) is 24.3 Å². The van der Waals surface area contributed by atoms with Gasteiger partial charge in [0, 0.05) is 12.1 Å². The molecule has 0 N–H and O–H groups in total. The van der Waals surface area contributed by atoms with Gasteiger partial charge in [0.25, 0.3) is 0 Å². The highest BCUT2D eigenvalue weighted by Gasteiger charge is 2.20. The molecule has 6 heteroatoms. The number of benzene rings is 4. The summed E-state index contributed by atoms with van der Waals surface area (Å²) in [6.07, 6.45) is 0. The maximum atomic E-state index is 12.9. The fraction of sp³-hybridized carbons (Fsp3) is 0.167. The number of rotatable bonds is 6. The van der Waals surface area contributed by atoms with Crippen LogP contribution in [0, 0.1) is 0 Å². The number of hydrogen-bond donors (Lipinski definition) is 0. The Labute approximate surface area is 212 Å². The molecule has 182 valence electrons. The smallest absolute Gasteiger partial charge is 0.339 e. The minimum absolute atomic E-state index is 0.0595. The van der Waals surface area contributed by atoms with Crippen molar-refractivity contribution in [2.24, 2.45) is 0 Å². The maximum absolute atomic E-state index is 12.9. The van der Waals surface area contributed by atoms with Gasteiger partial charge in [-0.2, -0.15) is 8.42 Å². The average molecular weight is 497 g/mol. The Morgan fingerprint density at radius 2 is 1.42 bits per heavy atom. The minimum Gasteiger partial charge on any atom is -0.379 e. The van der Waals surface area contributed by atoms with Gasteiger partial charge in [-0.05, 0) is 65.1 Å². The van der Waals surface area contributed by atoms with E-state index in [0.29, 0.717) is 6.54 Å². The van der Waals surface area contributed by atoms with E-state index in [1.165, 1.54) is 5.56 Å². The molecule has 0 radical (unpaired) electrons. The van der Waals surface area contributed by atoms with Crippen LogP contribution in [0.5, 0.6) is 5.75 Å². The van der Waals surface area contributed by atoms with Crippen molar-refractivity contribution in [3.8, 4) is 17.1 Å². The summed E-state index contributed by atoms with van der Waals surface area (Å²) in [6, 6.07) is 32.1. The zero-order chi connectivity index (χ0) is 25.3. The molecule has 0 amide bonds. The van der Waals surface area contributed by atoms with Crippen LogP contribution in [0.15, 0.2) is 108 Å². The van der Waals surface area contributed by atoms with Crippen LogP contribution < -0.4 is 4.18 Å². The second-order valence-corrected chi connectivity index (χ2v) is 11.4. The molecule has 5 aromatic rings. The average Bonchev–Trinajstić information content (AvgIpc) is 3.23. The van der Waals surface area contributed by atoms with Crippen molar-refractivity contribution in [1.82, 2.24) is 9.55 Å². The van der Waals surface area contributed by atoms with Crippen LogP contribution in [0.2, 0.25) is 0 Å². The normalized spacial score (nSPS) is 12.1. The molecule has 0 saturated heterocycles. The van der Waals surface area contributed by atoms with E-state index in [4.69, 9.17) is 9.17 Å². The number of imidazole rings is 1. The van der Waals surface area contributed by atoms with Crippen LogP contribution in [0.25, 0.3) is 22.4 Å². The maximum Gasteiger partial charge on any atom is 0.339 e. The summed E-state index contributed by atoms with van der Waals surface area (Å²) in [5.74, 6) is 1.07. The fourth-order valence-electron chi connectivity index (χ4n) is 4.18. The fourth-order valence-corrected chi connectivity index (χ4v) is 5.11. The third-order valence-electron chi connectivity index (χ3n) is 6.17. The molecule has 0 aliphatic rings. The van der Waals surface area contributed by atoms with Crippen LogP contribution in [-0.2, 0) is 22.1 Å². The highest BCUT2D eigenvalue weighted by Crippen LogP contribution is 2.29. The quantitative estimate of drug-likeness (QED) is 0.242. The summed E-state index contributed by atoms with van der Waals surface area (Å²) in [5, 5.41) is 0. The molecule has 0 saturated carbocycles. The summed E-state index contributed by atoms with van der Waals surface area (Å²) in [4.78, 5) is 4.99. The van der Waals surface area contributed by atoms with Gasteiger partial charge in [-0.1, -0.05) is 75.4 Å². The van der Waals surface area contributed by atoms with Gasteiger partial charge in [0.05, 0.1) is 11.0 Å². The Balaban J connectivity index is 1.43. The van der Waals surface area contributed by atoms with E-state index < -0.39 is 10.1 Å². The molecule has 1 aromatic heterocycles. The molecular weight excluding hydrogens is 468 g/mol. The first-order chi connectivity index (χ1) is 17.2. The molecule has 36 heavy (non-hydrogen) atoms. The minimum atomic E-state index is -3.94. The lowest BCUT2D eigenvalue weighted by Crippen LogP contribution is -2.13. The van der Waals surface area contributed by atoms with Crippen molar-refractivity contribution in [2.75, 3.05) is 0 Å². The molecule has 5 nitrogen and oxygen atoms in total. The standard InChI is InChI=1S/C30H28N2O3S/c1-30(2,3)24-15-19-26(20-16-24)36(33,34)35-25-17-13-23(14-18-25)29-31-27-11-7-8-12-28(27)32(29)21-22-9-5-4-6-10-22/h4-20H,21H2,1-3H3. The number of hydrogen-bond acceptors (Lipinski definition) is 4. The molecule has 4 aromatic carbocycles. The molecule has 0 bridgehead atoms. The molecule has 0 aliphatic heterocycles. The molecule has 0 fully saturated rings. The van der Waals surface area contributed by atoms with E-state index in [9.17, 15) is 8.42 Å². The third-order valence-corrected chi connectivity index (χ3v) is 7.43. The van der Waals surface area contributed by atoms with E-state index in [2.05, 4.69) is 43.5 Å². The van der Waals surface area contributed by atoms with Crippen LogP contribution >= 0.6 is 0 Å². The van der Waals surface area contributed by atoms with Crippen molar-refractivity contribution in [3.05, 3.63) is 114 Å². The zero-order valence-corrected chi connectivity index (χ0v) is 21.4. The summed E-state index contributed by atoms with van der Waals surface area (Å²) >= 11 is 0. The molecule has 5 rings (SSSR count). The molecule has 1 heterocycles. The van der Waals surface area contributed by atoms with Gasteiger partial charge in [0.1, 0.15) is 16.5 Å². The van der Waals surface area contributed by atoms with Crippen molar-refractivity contribution in [3.63, 3.8) is 0 Å². The Bertz CT molecular complexity index is 1600. The van der Waals surface area contributed by atoms with Gasteiger partial charge in [-0.25, -0.2) is 4.98 Å². The highest BCUT2D eigenvalue weighted by molar-refractivity contribution is 7.87.